The van der Waals surface area contributed by atoms with Crippen LogP contribution in [-0.2, 0) is 11.4 Å². The van der Waals surface area contributed by atoms with Crippen LogP contribution in [0.3, 0.4) is 0 Å². The molecule has 1 N–H and O–H groups in total. The van der Waals surface area contributed by atoms with Crippen LogP contribution in [0.1, 0.15) is 60.0 Å². The number of ether oxygens (including phenoxy) is 1. The molecule has 150 valence electrons. The zero-order valence-electron chi connectivity index (χ0n) is 16.1. The van der Waals surface area contributed by atoms with Gasteiger partial charge in [0.05, 0.1) is 6.04 Å². The van der Waals surface area contributed by atoms with E-state index in [9.17, 15) is 14.7 Å². The fourth-order valence-electron chi connectivity index (χ4n) is 3.16. The Balaban J connectivity index is 1.82. The average Bonchev–Trinajstić information content (AvgIpc) is 3.26. The Morgan fingerprint density at radius 2 is 2.00 bits per heavy atom. The monoisotopic (exact) mass is 422 g/mol. The third-order valence-electron chi connectivity index (χ3n) is 4.54. The van der Waals surface area contributed by atoms with E-state index in [1.165, 1.54) is 0 Å². The van der Waals surface area contributed by atoms with Crippen LogP contribution in [-0.4, -0.2) is 33.4 Å². The lowest BCUT2D eigenvalue weighted by Crippen LogP contribution is -2.38. The number of carbonyl (C=O) groups is 2. The first-order chi connectivity index (χ1) is 13.2. The Bertz CT molecular complexity index is 873. The number of nitrogens with zero attached hydrogens (tertiary/aromatic N) is 2. The lowest BCUT2D eigenvalue weighted by molar-refractivity contribution is -0.140. The molecule has 1 aromatic heterocycles. The molecule has 6 nitrogen and oxygen atoms in total. The Kier molecular flexibility index (Phi) is 5.95. The lowest BCUT2D eigenvalue weighted by Gasteiger charge is -2.29. The molecular formula is C20H23ClN2O4S. The molecule has 0 spiro atoms. The second-order valence-corrected chi connectivity index (χ2v) is 9.25. The molecule has 3 rings (SSSR count). The third-order valence-corrected chi connectivity index (χ3v) is 5.98. The van der Waals surface area contributed by atoms with Gasteiger partial charge in [0, 0.05) is 17.0 Å². The predicted molar refractivity (Wildman–Crippen MR) is 108 cm³/mol. The summed E-state index contributed by atoms with van der Waals surface area (Å²) in [7, 11) is 0. The van der Waals surface area contributed by atoms with Crippen LogP contribution in [0.25, 0.3) is 0 Å². The Hall–Kier alpha value is -2.12. The molecule has 1 aromatic carbocycles. The summed E-state index contributed by atoms with van der Waals surface area (Å²) in [6.07, 6.45) is 1.66. The van der Waals surface area contributed by atoms with Gasteiger partial charge in [0.25, 0.3) is 0 Å². The molecule has 1 aliphatic rings. The quantitative estimate of drug-likeness (QED) is 0.749. The van der Waals surface area contributed by atoms with Gasteiger partial charge in [-0.3, -0.25) is 4.79 Å². The van der Waals surface area contributed by atoms with Gasteiger partial charge in [0.1, 0.15) is 27.9 Å². The summed E-state index contributed by atoms with van der Waals surface area (Å²) in [5, 5.41) is 10.8. The summed E-state index contributed by atoms with van der Waals surface area (Å²) >= 11 is 7.00. The van der Waals surface area contributed by atoms with E-state index in [0.29, 0.717) is 28.0 Å². The molecule has 2 heterocycles. The zero-order valence-corrected chi connectivity index (χ0v) is 17.6. The highest BCUT2D eigenvalue weighted by molar-refractivity contribution is 7.13. The van der Waals surface area contributed by atoms with E-state index in [2.05, 4.69) is 4.98 Å². The molecule has 0 bridgehead atoms. The number of amides is 1. The second-order valence-electron chi connectivity index (χ2n) is 7.78. The van der Waals surface area contributed by atoms with Crippen molar-refractivity contribution < 1.29 is 19.4 Å². The molecule has 1 saturated heterocycles. The zero-order chi connectivity index (χ0) is 20.5. The standard InChI is InChI=1S/C20H23ClN2O4S/c1-20(2,3)19(26)23-10-4-5-15(23)17-22-14(16(28-17)18(24)25)11-27-13-8-6-12(21)7-9-13/h6-9,15H,4-5,10-11H2,1-3H3,(H,24,25)/t15-/m0/s1. The van der Waals surface area contributed by atoms with Crippen molar-refractivity contribution in [2.24, 2.45) is 5.41 Å². The van der Waals surface area contributed by atoms with Crippen LogP contribution in [0.5, 0.6) is 5.75 Å². The van der Waals surface area contributed by atoms with Crippen LogP contribution in [0, 0.1) is 5.41 Å². The molecular weight excluding hydrogens is 400 g/mol. The second kappa shape index (κ2) is 8.09. The summed E-state index contributed by atoms with van der Waals surface area (Å²) < 4.78 is 5.68. The summed E-state index contributed by atoms with van der Waals surface area (Å²) in [5.41, 5.74) is -0.117. The molecule has 0 saturated carbocycles. The molecule has 28 heavy (non-hydrogen) atoms. The molecule has 0 aliphatic carbocycles. The van der Waals surface area contributed by atoms with Gasteiger partial charge in [0.2, 0.25) is 5.91 Å². The van der Waals surface area contributed by atoms with Crippen molar-refractivity contribution in [2.75, 3.05) is 6.54 Å². The van der Waals surface area contributed by atoms with Crippen molar-refractivity contribution in [3.8, 4) is 5.75 Å². The Labute approximate surface area is 173 Å². The molecule has 0 unspecified atom stereocenters. The first-order valence-corrected chi connectivity index (χ1v) is 10.3. The topological polar surface area (TPSA) is 79.7 Å². The number of likely N-dealkylation sites (tertiary alicyclic amines) is 1. The number of rotatable bonds is 5. The Morgan fingerprint density at radius 1 is 1.32 bits per heavy atom. The van der Waals surface area contributed by atoms with Crippen LogP contribution in [0.4, 0.5) is 0 Å². The number of halogens is 1. The minimum absolute atomic E-state index is 0.0414. The number of carboxylic acid groups (broad SMARTS) is 1. The van der Waals surface area contributed by atoms with Crippen molar-refractivity contribution in [1.29, 1.82) is 0 Å². The van der Waals surface area contributed by atoms with E-state index in [-0.39, 0.29) is 23.4 Å². The average molecular weight is 423 g/mol. The van der Waals surface area contributed by atoms with Crippen LogP contribution in [0.15, 0.2) is 24.3 Å². The molecule has 2 aromatic rings. The smallest absolute Gasteiger partial charge is 0.347 e. The number of aromatic carboxylic acids is 1. The van der Waals surface area contributed by atoms with E-state index in [1.54, 1.807) is 24.3 Å². The third kappa shape index (κ3) is 4.47. The maximum absolute atomic E-state index is 12.8. The summed E-state index contributed by atoms with van der Waals surface area (Å²) in [6, 6.07) is 6.67. The maximum atomic E-state index is 12.8. The van der Waals surface area contributed by atoms with Gasteiger partial charge in [-0.2, -0.15) is 0 Å². The fraction of sp³-hybridized carbons (Fsp3) is 0.450. The van der Waals surface area contributed by atoms with Gasteiger partial charge in [-0.15, -0.1) is 11.3 Å². The van der Waals surface area contributed by atoms with Gasteiger partial charge in [-0.25, -0.2) is 9.78 Å². The van der Waals surface area contributed by atoms with Gasteiger partial charge in [-0.1, -0.05) is 32.4 Å². The first-order valence-electron chi connectivity index (χ1n) is 9.09. The van der Waals surface area contributed by atoms with Crippen molar-refractivity contribution in [3.63, 3.8) is 0 Å². The largest absolute Gasteiger partial charge is 0.487 e. The van der Waals surface area contributed by atoms with E-state index in [1.807, 2.05) is 25.7 Å². The van der Waals surface area contributed by atoms with Gasteiger partial charge >= 0.3 is 5.97 Å². The van der Waals surface area contributed by atoms with Crippen molar-refractivity contribution in [3.05, 3.63) is 44.9 Å². The lowest BCUT2D eigenvalue weighted by atomic mass is 9.94. The van der Waals surface area contributed by atoms with Crippen molar-refractivity contribution in [2.45, 2.75) is 46.3 Å². The van der Waals surface area contributed by atoms with Crippen LogP contribution >= 0.6 is 22.9 Å². The van der Waals surface area contributed by atoms with E-state index >= 15 is 0 Å². The van der Waals surface area contributed by atoms with E-state index in [4.69, 9.17) is 16.3 Å². The van der Waals surface area contributed by atoms with Gasteiger partial charge in [-0.05, 0) is 37.1 Å². The van der Waals surface area contributed by atoms with Crippen LogP contribution in [0.2, 0.25) is 5.02 Å². The molecule has 1 atom stereocenters. The molecule has 1 aliphatic heterocycles. The molecule has 1 fully saturated rings. The molecule has 0 radical (unpaired) electrons. The van der Waals surface area contributed by atoms with Crippen molar-refractivity contribution >= 4 is 34.8 Å². The van der Waals surface area contributed by atoms with E-state index < -0.39 is 11.4 Å². The SMILES string of the molecule is CC(C)(C)C(=O)N1CCC[C@H]1c1nc(COc2ccc(Cl)cc2)c(C(=O)O)s1. The molecule has 8 heteroatoms. The highest BCUT2D eigenvalue weighted by atomic mass is 35.5. The summed E-state index contributed by atoms with van der Waals surface area (Å²) in [4.78, 5) is 31.0. The number of thiazole rings is 1. The van der Waals surface area contributed by atoms with Gasteiger partial charge < -0.3 is 14.7 Å². The predicted octanol–water partition coefficient (Wildman–Crippen LogP) is 4.78. The minimum atomic E-state index is -1.04. The minimum Gasteiger partial charge on any atom is -0.487 e. The highest BCUT2D eigenvalue weighted by Crippen LogP contribution is 2.38. The fourth-order valence-corrected chi connectivity index (χ4v) is 4.34. The van der Waals surface area contributed by atoms with Crippen LogP contribution < -0.4 is 4.74 Å². The number of hydrogen-bond acceptors (Lipinski definition) is 5. The number of aromatic nitrogens is 1. The van der Waals surface area contributed by atoms with Gasteiger partial charge in [0.15, 0.2) is 0 Å². The first kappa shape index (κ1) is 20.6. The molecule has 1 amide bonds. The summed E-state index contributed by atoms with van der Waals surface area (Å²) in [5.74, 6) is -0.396. The number of hydrogen-bond donors (Lipinski definition) is 1. The van der Waals surface area contributed by atoms with Crippen molar-refractivity contribution in [1.82, 2.24) is 9.88 Å². The number of benzene rings is 1. The van der Waals surface area contributed by atoms with E-state index in [0.717, 1.165) is 24.2 Å². The maximum Gasteiger partial charge on any atom is 0.347 e. The normalized spacial score (nSPS) is 17.0. The highest BCUT2D eigenvalue weighted by Gasteiger charge is 2.38. The number of carbonyl (C=O) groups excluding carboxylic acids is 1. The number of carboxylic acids is 1. The summed E-state index contributed by atoms with van der Waals surface area (Å²) in [6.45, 7) is 6.38. The Morgan fingerprint density at radius 3 is 2.61 bits per heavy atom.